The Bertz CT molecular complexity index is 459. The normalized spacial score (nSPS) is 18.8. The van der Waals surface area contributed by atoms with Gasteiger partial charge in [-0.05, 0) is 43.6 Å². The van der Waals surface area contributed by atoms with Crippen LogP contribution < -0.4 is 0 Å². The Labute approximate surface area is 126 Å². The molecule has 1 atom stereocenters. The number of rotatable bonds is 3. The number of carboxylic acid groups (broad SMARTS) is 1. The van der Waals surface area contributed by atoms with Crippen molar-refractivity contribution in [3.63, 3.8) is 0 Å². The summed E-state index contributed by atoms with van der Waals surface area (Å²) < 4.78 is 0.761. The molecule has 104 valence electrons. The molecule has 1 aliphatic rings. The first kappa shape index (κ1) is 14.8. The molecule has 0 radical (unpaired) electrons. The van der Waals surface area contributed by atoms with Crippen LogP contribution >= 0.6 is 27.5 Å². The third-order valence-corrected chi connectivity index (χ3v) is 4.42. The van der Waals surface area contributed by atoms with E-state index in [1.54, 1.807) is 18.2 Å². The monoisotopic (exact) mass is 345 g/mol. The van der Waals surface area contributed by atoms with Gasteiger partial charge in [-0.25, -0.2) is 0 Å². The molecule has 1 fully saturated rings. The number of hydrogen-bond donors (Lipinski definition) is 1. The zero-order valence-corrected chi connectivity index (χ0v) is 13.0. The van der Waals surface area contributed by atoms with Crippen LogP contribution in [0.1, 0.15) is 37.3 Å². The molecule has 3 nitrogen and oxygen atoms in total. The van der Waals surface area contributed by atoms with Gasteiger partial charge in [0.15, 0.2) is 0 Å². The lowest BCUT2D eigenvalue weighted by molar-refractivity contribution is -0.143. The highest BCUT2D eigenvalue weighted by molar-refractivity contribution is 9.10. The standard InChI is InChI=1S/C14H17BrClNO2/c15-12-9-10(16)5-6-11(12)13(14(18)19)17-7-3-1-2-4-8-17/h5-6,9,13H,1-4,7-8H2,(H,18,19). The molecule has 0 spiro atoms. The largest absolute Gasteiger partial charge is 0.480 e. The maximum absolute atomic E-state index is 11.7. The molecule has 19 heavy (non-hydrogen) atoms. The molecule has 2 rings (SSSR count). The van der Waals surface area contributed by atoms with E-state index in [0.29, 0.717) is 5.02 Å². The van der Waals surface area contributed by atoms with E-state index >= 15 is 0 Å². The smallest absolute Gasteiger partial charge is 0.325 e. The van der Waals surface area contributed by atoms with Gasteiger partial charge in [-0.15, -0.1) is 0 Å². The van der Waals surface area contributed by atoms with Crippen molar-refractivity contribution >= 4 is 33.5 Å². The predicted molar refractivity (Wildman–Crippen MR) is 79.6 cm³/mol. The molecule has 1 unspecified atom stereocenters. The lowest BCUT2D eigenvalue weighted by Gasteiger charge is -2.28. The number of carbonyl (C=O) groups is 1. The maximum Gasteiger partial charge on any atom is 0.325 e. The molecular weight excluding hydrogens is 330 g/mol. The zero-order chi connectivity index (χ0) is 13.8. The molecule has 0 amide bonds. The van der Waals surface area contributed by atoms with Gasteiger partial charge in [-0.1, -0.05) is 46.4 Å². The minimum atomic E-state index is -0.801. The number of nitrogens with zero attached hydrogens (tertiary/aromatic N) is 1. The molecule has 1 heterocycles. The van der Waals surface area contributed by atoms with Gasteiger partial charge in [-0.2, -0.15) is 0 Å². The third kappa shape index (κ3) is 3.71. The van der Waals surface area contributed by atoms with E-state index in [9.17, 15) is 9.90 Å². The summed E-state index contributed by atoms with van der Waals surface area (Å²) in [5.41, 5.74) is 0.777. The summed E-state index contributed by atoms with van der Waals surface area (Å²) in [6.45, 7) is 1.68. The minimum Gasteiger partial charge on any atom is -0.480 e. The third-order valence-electron chi connectivity index (χ3n) is 3.50. The Morgan fingerprint density at radius 3 is 2.42 bits per heavy atom. The van der Waals surface area contributed by atoms with Crippen molar-refractivity contribution in [2.24, 2.45) is 0 Å². The first-order valence-corrected chi connectivity index (χ1v) is 7.68. The highest BCUT2D eigenvalue weighted by Crippen LogP contribution is 2.31. The van der Waals surface area contributed by atoms with Crippen LogP contribution in [0.4, 0.5) is 0 Å². The van der Waals surface area contributed by atoms with Crippen molar-refractivity contribution in [3.05, 3.63) is 33.3 Å². The van der Waals surface area contributed by atoms with Gasteiger partial charge in [0.1, 0.15) is 6.04 Å². The van der Waals surface area contributed by atoms with Gasteiger partial charge >= 0.3 is 5.97 Å². The maximum atomic E-state index is 11.7. The van der Waals surface area contributed by atoms with Crippen LogP contribution in [0.15, 0.2) is 22.7 Å². The average molecular weight is 347 g/mol. The second kappa shape index (κ2) is 6.73. The molecule has 1 saturated heterocycles. The van der Waals surface area contributed by atoms with Gasteiger partial charge in [0.25, 0.3) is 0 Å². The summed E-state index contributed by atoms with van der Waals surface area (Å²) in [6, 6.07) is 4.71. The van der Waals surface area contributed by atoms with Crippen molar-refractivity contribution in [3.8, 4) is 0 Å². The van der Waals surface area contributed by atoms with Crippen molar-refractivity contribution in [2.75, 3.05) is 13.1 Å². The number of halogens is 2. The van der Waals surface area contributed by atoms with Crippen LogP contribution in [-0.2, 0) is 4.79 Å². The van der Waals surface area contributed by atoms with E-state index < -0.39 is 12.0 Å². The first-order valence-electron chi connectivity index (χ1n) is 6.51. The highest BCUT2D eigenvalue weighted by Gasteiger charge is 2.29. The molecule has 0 aliphatic carbocycles. The fourth-order valence-corrected chi connectivity index (χ4v) is 3.46. The number of benzene rings is 1. The molecule has 5 heteroatoms. The van der Waals surface area contributed by atoms with Crippen molar-refractivity contribution in [1.82, 2.24) is 4.90 Å². The quantitative estimate of drug-likeness (QED) is 0.895. The molecule has 1 aromatic carbocycles. The lowest BCUT2D eigenvalue weighted by Crippen LogP contribution is -2.35. The van der Waals surface area contributed by atoms with Crippen molar-refractivity contribution in [1.29, 1.82) is 0 Å². The lowest BCUT2D eigenvalue weighted by atomic mass is 10.1. The van der Waals surface area contributed by atoms with Crippen molar-refractivity contribution < 1.29 is 9.90 Å². The summed E-state index contributed by atoms with van der Waals surface area (Å²) in [5.74, 6) is -0.801. The fourth-order valence-electron chi connectivity index (χ4n) is 2.56. The predicted octanol–water partition coefficient (Wildman–Crippen LogP) is 4.10. The zero-order valence-electron chi connectivity index (χ0n) is 10.6. The molecule has 1 aliphatic heterocycles. The first-order chi connectivity index (χ1) is 9.09. The molecule has 0 aromatic heterocycles. The topological polar surface area (TPSA) is 40.5 Å². The van der Waals surface area contributed by atoms with Crippen LogP contribution in [0.2, 0.25) is 5.02 Å². The van der Waals surface area contributed by atoms with Crippen LogP contribution in [0, 0.1) is 0 Å². The molecular formula is C14H17BrClNO2. The van der Waals surface area contributed by atoms with Crippen LogP contribution in [-0.4, -0.2) is 29.1 Å². The Morgan fingerprint density at radius 2 is 1.89 bits per heavy atom. The Kier molecular flexibility index (Phi) is 5.25. The Hall–Kier alpha value is -0.580. The molecule has 0 saturated carbocycles. The molecule has 0 bridgehead atoms. The van der Waals surface area contributed by atoms with E-state index in [2.05, 4.69) is 20.8 Å². The van der Waals surface area contributed by atoms with Gasteiger partial charge in [0.05, 0.1) is 0 Å². The van der Waals surface area contributed by atoms with E-state index in [1.165, 1.54) is 12.8 Å². The summed E-state index contributed by atoms with van der Waals surface area (Å²) in [5, 5.41) is 10.2. The minimum absolute atomic E-state index is 0.593. The molecule has 1 aromatic rings. The summed E-state index contributed by atoms with van der Waals surface area (Å²) >= 11 is 9.35. The number of carboxylic acids is 1. The number of aliphatic carboxylic acids is 1. The number of likely N-dealkylation sites (tertiary alicyclic amines) is 1. The van der Waals surface area contributed by atoms with Gasteiger partial charge in [-0.3, -0.25) is 9.69 Å². The fraction of sp³-hybridized carbons (Fsp3) is 0.500. The second-order valence-corrected chi connectivity index (χ2v) is 6.15. The number of hydrogen-bond acceptors (Lipinski definition) is 2. The summed E-state index contributed by atoms with van der Waals surface area (Å²) in [6.07, 6.45) is 4.50. The van der Waals surface area contributed by atoms with E-state index in [-0.39, 0.29) is 0 Å². The Morgan fingerprint density at radius 1 is 1.26 bits per heavy atom. The van der Waals surface area contributed by atoms with Gasteiger partial charge < -0.3 is 5.11 Å². The van der Waals surface area contributed by atoms with E-state index in [0.717, 1.165) is 36.0 Å². The van der Waals surface area contributed by atoms with Crippen LogP contribution in [0.25, 0.3) is 0 Å². The molecule has 1 N–H and O–H groups in total. The van der Waals surface area contributed by atoms with E-state index in [1.807, 2.05) is 0 Å². The van der Waals surface area contributed by atoms with Crippen LogP contribution in [0.5, 0.6) is 0 Å². The van der Waals surface area contributed by atoms with Crippen LogP contribution in [0.3, 0.4) is 0 Å². The average Bonchev–Trinajstić information content (AvgIpc) is 2.61. The van der Waals surface area contributed by atoms with Gasteiger partial charge in [0.2, 0.25) is 0 Å². The second-order valence-electron chi connectivity index (χ2n) is 4.86. The highest BCUT2D eigenvalue weighted by atomic mass is 79.9. The van der Waals surface area contributed by atoms with E-state index in [4.69, 9.17) is 11.6 Å². The van der Waals surface area contributed by atoms with Crippen molar-refractivity contribution in [2.45, 2.75) is 31.7 Å². The SMILES string of the molecule is O=C(O)C(c1ccc(Cl)cc1Br)N1CCCCCC1. The van der Waals surface area contributed by atoms with Gasteiger partial charge in [0, 0.05) is 9.50 Å². The summed E-state index contributed by atoms with van der Waals surface area (Å²) in [7, 11) is 0. The Balaban J connectivity index is 2.30. The summed E-state index contributed by atoms with van der Waals surface area (Å²) in [4.78, 5) is 13.7.